The van der Waals surface area contributed by atoms with Crippen molar-refractivity contribution < 1.29 is 9.59 Å². The third-order valence-corrected chi connectivity index (χ3v) is 4.06. The van der Waals surface area contributed by atoms with Crippen LogP contribution >= 0.6 is 0 Å². The van der Waals surface area contributed by atoms with E-state index in [4.69, 9.17) is 0 Å². The first-order valence-corrected chi connectivity index (χ1v) is 9.40. The molecule has 0 heterocycles. The molecule has 0 atom stereocenters. The first-order chi connectivity index (χ1) is 14.7. The van der Waals surface area contributed by atoms with Crippen molar-refractivity contribution in [3.8, 4) is 0 Å². The van der Waals surface area contributed by atoms with Crippen LogP contribution in [-0.4, -0.2) is 18.0 Å². The number of allylic oxidation sites excluding steroid dienone is 1. The molecule has 0 spiro atoms. The Hall–Kier alpha value is -4.25. The molecular formula is C25H21N3O2. The summed E-state index contributed by atoms with van der Waals surface area (Å²) in [5.41, 5.74) is 5.50. The number of benzene rings is 3. The molecule has 5 nitrogen and oxygen atoms in total. The van der Waals surface area contributed by atoms with Crippen LogP contribution in [0.3, 0.4) is 0 Å². The fourth-order valence-electron chi connectivity index (χ4n) is 2.55. The zero-order valence-corrected chi connectivity index (χ0v) is 16.2. The summed E-state index contributed by atoms with van der Waals surface area (Å²) >= 11 is 0. The summed E-state index contributed by atoms with van der Waals surface area (Å²) in [5, 5.41) is 6.65. The Morgan fingerprint density at radius 2 is 1.33 bits per heavy atom. The van der Waals surface area contributed by atoms with E-state index in [0.29, 0.717) is 11.3 Å². The molecule has 0 radical (unpaired) electrons. The fourth-order valence-corrected chi connectivity index (χ4v) is 2.55. The van der Waals surface area contributed by atoms with E-state index >= 15 is 0 Å². The van der Waals surface area contributed by atoms with Gasteiger partial charge in [0.15, 0.2) is 0 Å². The van der Waals surface area contributed by atoms with Crippen LogP contribution in [0.25, 0.3) is 12.2 Å². The number of anilines is 1. The van der Waals surface area contributed by atoms with Gasteiger partial charge in [-0.3, -0.25) is 9.59 Å². The monoisotopic (exact) mass is 395 g/mol. The second-order valence-corrected chi connectivity index (χ2v) is 6.30. The van der Waals surface area contributed by atoms with E-state index in [-0.39, 0.29) is 11.8 Å². The molecule has 3 rings (SSSR count). The summed E-state index contributed by atoms with van der Waals surface area (Å²) in [7, 11) is 0. The molecular weight excluding hydrogens is 374 g/mol. The minimum atomic E-state index is -0.332. The van der Waals surface area contributed by atoms with Crippen LogP contribution < -0.4 is 10.7 Å². The zero-order valence-electron chi connectivity index (χ0n) is 16.2. The maximum atomic E-state index is 12.1. The maximum absolute atomic E-state index is 12.1. The van der Waals surface area contributed by atoms with Crippen LogP contribution in [0.5, 0.6) is 0 Å². The lowest BCUT2D eigenvalue weighted by molar-refractivity contribution is -0.111. The first kappa shape index (κ1) is 20.5. The van der Waals surface area contributed by atoms with Crippen LogP contribution in [0.2, 0.25) is 0 Å². The molecule has 3 aromatic carbocycles. The number of nitrogens with one attached hydrogen (secondary N) is 2. The predicted octanol–water partition coefficient (Wildman–Crippen LogP) is 4.77. The molecule has 3 aromatic rings. The number of hydrogen-bond acceptors (Lipinski definition) is 3. The standard InChI is InChI=1S/C25H21N3O2/c29-24(18-13-21-10-5-2-6-11-21)27-23-16-14-22(15-17-23)25(30)28-26-19-7-12-20-8-3-1-4-9-20/h1-19H,(H,27,29)(H,28,30)/b12-7+,18-13+,26-19-. The van der Waals surface area contributed by atoms with E-state index < -0.39 is 0 Å². The molecule has 2 amide bonds. The summed E-state index contributed by atoms with van der Waals surface area (Å²) in [5.74, 6) is -0.577. The highest BCUT2D eigenvalue weighted by atomic mass is 16.2. The van der Waals surface area contributed by atoms with Crippen LogP contribution in [0.4, 0.5) is 5.69 Å². The Bertz CT molecular complexity index is 1050. The van der Waals surface area contributed by atoms with Gasteiger partial charge in [-0.15, -0.1) is 0 Å². The largest absolute Gasteiger partial charge is 0.323 e. The van der Waals surface area contributed by atoms with Gasteiger partial charge in [-0.25, -0.2) is 5.43 Å². The third-order valence-electron chi connectivity index (χ3n) is 4.06. The van der Waals surface area contributed by atoms with Crippen molar-refractivity contribution >= 4 is 35.9 Å². The summed E-state index contributed by atoms with van der Waals surface area (Å²) in [6.07, 6.45) is 8.35. The number of hydrazone groups is 1. The number of nitrogens with zero attached hydrogens (tertiary/aromatic N) is 1. The van der Waals surface area contributed by atoms with Crippen molar-refractivity contribution in [1.82, 2.24) is 5.43 Å². The van der Waals surface area contributed by atoms with Gasteiger partial charge in [0.1, 0.15) is 0 Å². The van der Waals surface area contributed by atoms with Gasteiger partial charge < -0.3 is 5.32 Å². The third kappa shape index (κ3) is 6.73. The number of hydrogen-bond donors (Lipinski definition) is 2. The van der Waals surface area contributed by atoms with E-state index in [1.165, 1.54) is 12.3 Å². The molecule has 0 saturated heterocycles. The van der Waals surface area contributed by atoms with Crippen LogP contribution in [0, 0.1) is 0 Å². The highest BCUT2D eigenvalue weighted by Crippen LogP contribution is 2.10. The molecule has 148 valence electrons. The van der Waals surface area contributed by atoms with Crippen molar-refractivity contribution in [2.75, 3.05) is 5.32 Å². The van der Waals surface area contributed by atoms with Crippen molar-refractivity contribution in [3.63, 3.8) is 0 Å². The first-order valence-electron chi connectivity index (χ1n) is 9.40. The highest BCUT2D eigenvalue weighted by Gasteiger charge is 2.04. The molecule has 2 N–H and O–H groups in total. The summed E-state index contributed by atoms with van der Waals surface area (Å²) in [4.78, 5) is 24.1. The van der Waals surface area contributed by atoms with Crippen LogP contribution in [0.1, 0.15) is 21.5 Å². The molecule has 0 aliphatic rings. The smallest absolute Gasteiger partial charge is 0.271 e. The fraction of sp³-hybridized carbons (Fsp3) is 0. The van der Waals surface area contributed by atoms with Gasteiger partial charge in [-0.2, -0.15) is 5.10 Å². The molecule has 0 aliphatic heterocycles. The van der Waals surface area contributed by atoms with Gasteiger partial charge in [-0.1, -0.05) is 66.7 Å². The Kier molecular flexibility index (Phi) is 7.46. The summed E-state index contributed by atoms with van der Waals surface area (Å²) in [6.45, 7) is 0. The zero-order chi connectivity index (χ0) is 21.0. The predicted molar refractivity (Wildman–Crippen MR) is 122 cm³/mol. The summed E-state index contributed by atoms with van der Waals surface area (Å²) < 4.78 is 0. The second-order valence-electron chi connectivity index (χ2n) is 6.30. The molecule has 5 heteroatoms. The lowest BCUT2D eigenvalue weighted by atomic mass is 10.2. The Labute approximate surface area is 175 Å². The topological polar surface area (TPSA) is 70.6 Å². The Balaban J connectivity index is 1.48. The molecule has 0 unspecified atom stereocenters. The Morgan fingerprint density at radius 3 is 1.97 bits per heavy atom. The van der Waals surface area contributed by atoms with Gasteiger partial charge in [0.05, 0.1) is 0 Å². The average molecular weight is 395 g/mol. The second kappa shape index (κ2) is 10.9. The number of carbonyl (C=O) groups excluding carboxylic acids is 2. The lowest BCUT2D eigenvalue weighted by Gasteiger charge is -2.04. The molecule has 0 aromatic heterocycles. The van der Waals surface area contributed by atoms with E-state index in [9.17, 15) is 9.59 Å². The number of carbonyl (C=O) groups is 2. The Morgan fingerprint density at radius 1 is 0.733 bits per heavy atom. The van der Waals surface area contributed by atoms with E-state index in [1.54, 1.807) is 36.4 Å². The van der Waals surface area contributed by atoms with Gasteiger partial charge in [0.25, 0.3) is 5.91 Å². The quantitative estimate of drug-likeness (QED) is 0.344. The molecule has 30 heavy (non-hydrogen) atoms. The van der Waals surface area contributed by atoms with E-state index in [2.05, 4.69) is 15.8 Å². The van der Waals surface area contributed by atoms with Gasteiger partial charge >= 0.3 is 0 Å². The molecule has 0 saturated carbocycles. The molecule has 0 aliphatic carbocycles. The maximum Gasteiger partial charge on any atom is 0.271 e. The normalized spacial score (nSPS) is 11.2. The highest BCUT2D eigenvalue weighted by molar-refractivity contribution is 6.02. The van der Waals surface area contributed by atoms with Gasteiger partial charge in [-0.05, 0) is 47.5 Å². The van der Waals surface area contributed by atoms with Crippen molar-refractivity contribution in [2.24, 2.45) is 5.10 Å². The van der Waals surface area contributed by atoms with Crippen LogP contribution in [-0.2, 0) is 4.79 Å². The minimum absolute atomic E-state index is 0.245. The lowest BCUT2D eigenvalue weighted by Crippen LogP contribution is -2.17. The average Bonchev–Trinajstić information content (AvgIpc) is 2.79. The molecule has 0 fully saturated rings. The van der Waals surface area contributed by atoms with Crippen molar-refractivity contribution in [2.45, 2.75) is 0 Å². The number of amides is 2. The van der Waals surface area contributed by atoms with Gasteiger partial charge in [0, 0.05) is 23.5 Å². The molecule has 0 bridgehead atoms. The van der Waals surface area contributed by atoms with Gasteiger partial charge in [0.2, 0.25) is 5.91 Å². The van der Waals surface area contributed by atoms with Crippen LogP contribution in [0.15, 0.2) is 102 Å². The van der Waals surface area contributed by atoms with Crippen molar-refractivity contribution in [3.05, 3.63) is 114 Å². The van der Waals surface area contributed by atoms with E-state index in [1.807, 2.05) is 66.7 Å². The number of rotatable bonds is 7. The SMILES string of the molecule is O=C(/C=C/c1ccccc1)Nc1ccc(C(=O)N/N=C\C=C\c2ccccc2)cc1. The van der Waals surface area contributed by atoms with E-state index in [0.717, 1.165) is 11.1 Å². The van der Waals surface area contributed by atoms with Crippen molar-refractivity contribution in [1.29, 1.82) is 0 Å². The minimum Gasteiger partial charge on any atom is -0.323 e. The summed E-state index contributed by atoms with van der Waals surface area (Å²) in [6, 6.07) is 25.9.